The van der Waals surface area contributed by atoms with Gasteiger partial charge in [-0.3, -0.25) is 4.79 Å². The van der Waals surface area contributed by atoms with Crippen LogP contribution in [0.4, 0.5) is 0 Å². The Labute approximate surface area is 99.4 Å². The number of nitrogens with zero attached hydrogens (tertiary/aromatic N) is 1. The van der Waals surface area contributed by atoms with E-state index < -0.39 is 0 Å². The summed E-state index contributed by atoms with van der Waals surface area (Å²) in [4.78, 5) is 14.0. The predicted octanol–water partition coefficient (Wildman–Crippen LogP) is 1.87. The number of hydrogen-bond donors (Lipinski definition) is 1. The van der Waals surface area contributed by atoms with Crippen molar-refractivity contribution in [2.45, 2.75) is 40.0 Å². The quantitative estimate of drug-likeness (QED) is 0.778. The first-order valence-corrected chi connectivity index (χ1v) is 6.28. The largest absolute Gasteiger partial charge is 0.345 e. The topological polar surface area (TPSA) is 46.3 Å². The molecular weight excluding hydrogens is 200 g/mol. The van der Waals surface area contributed by atoms with Gasteiger partial charge in [0.1, 0.15) is 0 Å². The third-order valence-corrected chi connectivity index (χ3v) is 3.10. The highest BCUT2D eigenvalue weighted by Gasteiger charge is 2.29. The lowest BCUT2D eigenvalue weighted by Crippen LogP contribution is -2.39. The zero-order chi connectivity index (χ0) is 12.3. The molecule has 0 aromatic rings. The summed E-state index contributed by atoms with van der Waals surface area (Å²) in [6.45, 7) is 7.85. The Hall–Kier alpha value is -0.570. The molecule has 1 amide bonds. The van der Waals surface area contributed by atoms with Crippen molar-refractivity contribution >= 4 is 5.91 Å². The number of rotatable bonds is 5. The van der Waals surface area contributed by atoms with Crippen LogP contribution in [0.5, 0.6) is 0 Å². The zero-order valence-electron chi connectivity index (χ0n) is 11.1. The van der Waals surface area contributed by atoms with Gasteiger partial charge in [0.15, 0.2) is 0 Å². The predicted molar refractivity (Wildman–Crippen MR) is 67.0 cm³/mol. The molecule has 1 aliphatic carbocycles. The van der Waals surface area contributed by atoms with Crippen molar-refractivity contribution in [1.29, 1.82) is 0 Å². The first-order valence-electron chi connectivity index (χ1n) is 6.28. The second-order valence-electron chi connectivity index (χ2n) is 6.36. The van der Waals surface area contributed by atoms with Gasteiger partial charge in [-0.05, 0) is 30.6 Å². The molecular formula is C13H26N2O. The van der Waals surface area contributed by atoms with Crippen LogP contribution in [-0.2, 0) is 4.79 Å². The zero-order valence-corrected chi connectivity index (χ0v) is 11.1. The fourth-order valence-electron chi connectivity index (χ4n) is 2.10. The summed E-state index contributed by atoms with van der Waals surface area (Å²) in [5.41, 5.74) is 5.88. The van der Waals surface area contributed by atoms with Gasteiger partial charge in [0.05, 0.1) is 5.92 Å². The van der Waals surface area contributed by atoms with Crippen LogP contribution in [0, 0.1) is 17.3 Å². The first-order chi connectivity index (χ1) is 7.33. The normalized spacial score (nSPS) is 18.3. The highest BCUT2D eigenvalue weighted by Crippen LogP contribution is 2.30. The maximum absolute atomic E-state index is 12.2. The average molecular weight is 226 g/mol. The summed E-state index contributed by atoms with van der Waals surface area (Å²) < 4.78 is 0. The molecule has 0 bridgehead atoms. The van der Waals surface area contributed by atoms with Crippen LogP contribution in [0.2, 0.25) is 0 Å². The number of hydrogen-bond acceptors (Lipinski definition) is 2. The molecule has 1 aliphatic rings. The Balaban J connectivity index is 2.46. The maximum Gasteiger partial charge on any atom is 0.226 e. The van der Waals surface area contributed by atoms with Gasteiger partial charge in [-0.15, -0.1) is 0 Å². The minimum atomic E-state index is -0.0104. The molecule has 0 saturated heterocycles. The Kier molecular flexibility index (Phi) is 4.36. The molecule has 1 atom stereocenters. The molecule has 0 aromatic carbocycles. The fourth-order valence-corrected chi connectivity index (χ4v) is 2.10. The number of carbonyl (C=O) groups is 1. The molecule has 16 heavy (non-hydrogen) atoms. The molecule has 3 nitrogen and oxygen atoms in total. The highest BCUT2D eigenvalue weighted by molar-refractivity contribution is 5.78. The Morgan fingerprint density at radius 2 is 2.00 bits per heavy atom. The molecule has 3 heteroatoms. The van der Waals surface area contributed by atoms with Crippen molar-refractivity contribution in [2.75, 3.05) is 20.1 Å². The smallest absolute Gasteiger partial charge is 0.226 e. The molecule has 0 aliphatic heterocycles. The van der Waals surface area contributed by atoms with Crippen LogP contribution in [0.1, 0.15) is 40.0 Å². The van der Waals surface area contributed by atoms with Crippen LogP contribution in [-0.4, -0.2) is 30.9 Å². The van der Waals surface area contributed by atoms with E-state index in [4.69, 9.17) is 5.73 Å². The van der Waals surface area contributed by atoms with Crippen molar-refractivity contribution in [3.05, 3.63) is 0 Å². The second kappa shape index (κ2) is 5.17. The molecule has 0 heterocycles. The van der Waals surface area contributed by atoms with Crippen LogP contribution >= 0.6 is 0 Å². The van der Waals surface area contributed by atoms with E-state index in [1.54, 1.807) is 0 Å². The van der Waals surface area contributed by atoms with Crippen molar-refractivity contribution < 1.29 is 4.79 Å². The van der Waals surface area contributed by atoms with Crippen LogP contribution in [0.3, 0.4) is 0 Å². The summed E-state index contributed by atoms with van der Waals surface area (Å²) >= 11 is 0. The lowest BCUT2D eigenvalue weighted by Gasteiger charge is -2.28. The van der Waals surface area contributed by atoms with Gasteiger partial charge in [-0.2, -0.15) is 0 Å². The number of amides is 1. The number of carbonyl (C=O) groups excluding carboxylic acids is 1. The van der Waals surface area contributed by atoms with E-state index in [9.17, 15) is 4.79 Å². The average Bonchev–Trinajstić information content (AvgIpc) is 2.95. The van der Waals surface area contributed by atoms with E-state index in [-0.39, 0.29) is 17.2 Å². The molecule has 1 rings (SSSR count). The molecule has 2 N–H and O–H groups in total. The Bertz CT molecular complexity index is 241. The Morgan fingerprint density at radius 3 is 2.38 bits per heavy atom. The standard InChI is InChI=1S/C13H26N2O/c1-13(2,3)7-11(8-14)12(16)15(4)9-10-5-6-10/h10-11H,5-9,14H2,1-4H3. The summed E-state index contributed by atoms with van der Waals surface area (Å²) in [7, 11) is 1.91. The van der Waals surface area contributed by atoms with Crippen LogP contribution in [0.15, 0.2) is 0 Å². The highest BCUT2D eigenvalue weighted by atomic mass is 16.2. The van der Waals surface area contributed by atoms with Gasteiger partial charge in [0.25, 0.3) is 0 Å². The summed E-state index contributed by atoms with van der Waals surface area (Å²) in [6.07, 6.45) is 3.44. The molecule has 94 valence electrons. The third kappa shape index (κ3) is 4.52. The summed E-state index contributed by atoms with van der Waals surface area (Å²) in [6, 6.07) is 0. The SMILES string of the molecule is CN(CC1CC1)C(=O)C(CN)CC(C)(C)C. The number of nitrogens with two attached hydrogens (primary N) is 1. The van der Waals surface area contributed by atoms with Gasteiger partial charge < -0.3 is 10.6 Å². The molecule has 0 aromatic heterocycles. The molecule has 1 unspecified atom stereocenters. The van der Waals surface area contributed by atoms with Gasteiger partial charge in [-0.1, -0.05) is 20.8 Å². The molecule has 1 saturated carbocycles. The van der Waals surface area contributed by atoms with Crippen molar-refractivity contribution in [2.24, 2.45) is 23.0 Å². The van der Waals surface area contributed by atoms with Crippen molar-refractivity contribution in [3.8, 4) is 0 Å². The molecule has 1 fully saturated rings. The van der Waals surface area contributed by atoms with Crippen LogP contribution < -0.4 is 5.73 Å². The van der Waals surface area contributed by atoms with Crippen molar-refractivity contribution in [1.82, 2.24) is 4.90 Å². The fraction of sp³-hybridized carbons (Fsp3) is 0.923. The van der Waals surface area contributed by atoms with E-state index in [1.807, 2.05) is 11.9 Å². The lowest BCUT2D eigenvalue weighted by molar-refractivity contribution is -0.135. The molecule has 0 radical (unpaired) electrons. The first kappa shape index (κ1) is 13.5. The lowest BCUT2D eigenvalue weighted by atomic mass is 9.84. The van der Waals surface area contributed by atoms with E-state index in [2.05, 4.69) is 20.8 Å². The van der Waals surface area contributed by atoms with Crippen LogP contribution in [0.25, 0.3) is 0 Å². The van der Waals surface area contributed by atoms with Crippen molar-refractivity contribution in [3.63, 3.8) is 0 Å². The maximum atomic E-state index is 12.2. The van der Waals surface area contributed by atoms with Gasteiger partial charge in [0.2, 0.25) is 5.91 Å². The summed E-state index contributed by atoms with van der Waals surface area (Å²) in [5, 5.41) is 0. The monoisotopic (exact) mass is 226 g/mol. The van der Waals surface area contributed by atoms with E-state index in [1.165, 1.54) is 12.8 Å². The van der Waals surface area contributed by atoms with E-state index in [0.29, 0.717) is 6.54 Å². The van der Waals surface area contributed by atoms with E-state index in [0.717, 1.165) is 18.9 Å². The molecule has 0 spiro atoms. The Morgan fingerprint density at radius 1 is 1.44 bits per heavy atom. The third-order valence-electron chi connectivity index (χ3n) is 3.10. The minimum Gasteiger partial charge on any atom is -0.345 e. The van der Waals surface area contributed by atoms with Gasteiger partial charge in [-0.25, -0.2) is 0 Å². The summed E-state index contributed by atoms with van der Waals surface area (Å²) in [5.74, 6) is 0.968. The van der Waals surface area contributed by atoms with Gasteiger partial charge in [0, 0.05) is 20.1 Å². The second-order valence-corrected chi connectivity index (χ2v) is 6.36. The van der Waals surface area contributed by atoms with E-state index >= 15 is 0 Å². The van der Waals surface area contributed by atoms with Gasteiger partial charge >= 0.3 is 0 Å². The minimum absolute atomic E-state index is 0.0104.